The Bertz CT molecular complexity index is 1470. The number of amides is 1. The summed E-state index contributed by atoms with van der Waals surface area (Å²) in [5.74, 6) is -0.150. The van der Waals surface area contributed by atoms with Crippen molar-refractivity contribution in [2.75, 3.05) is 40.9 Å². The largest absolute Gasteiger partial charge is 0.472 e. The molecule has 9 heteroatoms. The van der Waals surface area contributed by atoms with Crippen LogP contribution < -0.4 is 5.32 Å². The third-order valence-electron chi connectivity index (χ3n) is 12.6. The van der Waals surface area contributed by atoms with Gasteiger partial charge in [-0.3, -0.25) is 13.8 Å². The van der Waals surface area contributed by atoms with E-state index in [1.807, 2.05) is 21.1 Å². The van der Waals surface area contributed by atoms with Gasteiger partial charge in [0.25, 0.3) is 0 Å². The fourth-order valence-corrected chi connectivity index (χ4v) is 8.80. The number of carbonyl (C=O) groups is 1. The van der Waals surface area contributed by atoms with E-state index < -0.39 is 20.0 Å². The number of phosphoric ester groups is 1. The van der Waals surface area contributed by atoms with Crippen molar-refractivity contribution < 1.29 is 32.9 Å². The second kappa shape index (κ2) is 52.3. The van der Waals surface area contributed by atoms with Crippen LogP contribution >= 0.6 is 7.82 Å². The molecule has 8 nitrogen and oxygen atoms in total. The average molecular weight is 1010 g/mol. The number of hydrogen-bond acceptors (Lipinski definition) is 5. The first-order valence-corrected chi connectivity index (χ1v) is 30.6. The van der Waals surface area contributed by atoms with E-state index >= 15 is 0 Å². The molecule has 0 aliphatic heterocycles. The number of phosphoric acid groups is 1. The maximum absolute atomic E-state index is 12.9. The number of unbranched alkanes of at least 4 members (excludes halogenated alkanes) is 23. The van der Waals surface area contributed by atoms with Crippen LogP contribution in [0.4, 0.5) is 0 Å². The van der Waals surface area contributed by atoms with Crippen molar-refractivity contribution >= 4 is 13.7 Å². The zero-order valence-corrected chi connectivity index (χ0v) is 47.6. The Kier molecular flexibility index (Phi) is 50.4. The topological polar surface area (TPSA) is 105 Å². The molecule has 0 aliphatic rings. The quantitative estimate of drug-likeness (QED) is 0.0243. The molecule has 0 fully saturated rings. The lowest BCUT2D eigenvalue weighted by Gasteiger charge is -2.26. The summed E-state index contributed by atoms with van der Waals surface area (Å²) in [6.45, 7) is 4.73. The van der Waals surface area contributed by atoms with E-state index in [-0.39, 0.29) is 19.1 Å². The van der Waals surface area contributed by atoms with Gasteiger partial charge in [-0.2, -0.15) is 0 Å². The molecule has 0 saturated carbocycles. The second-order valence-corrected chi connectivity index (χ2v) is 22.1. The summed E-state index contributed by atoms with van der Waals surface area (Å²) in [4.78, 5) is 23.2. The minimum Gasteiger partial charge on any atom is -0.391 e. The Labute approximate surface area is 439 Å². The van der Waals surface area contributed by atoms with Gasteiger partial charge >= 0.3 is 7.82 Å². The molecular weight excluding hydrogens is 900 g/mol. The van der Waals surface area contributed by atoms with Gasteiger partial charge < -0.3 is 19.8 Å². The van der Waals surface area contributed by atoms with Gasteiger partial charge in [0.2, 0.25) is 5.91 Å². The van der Waals surface area contributed by atoms with Crippen LogP contribution in [-0.4, -0.2) is 73.4 Å². The van der Waals surface area contributed by atoms with E-state index in [2.05, 4.69) is 116 Å². The van der Waals surface area contributed by atoms with E-state index in [4.69, 9.17) is 9.05 Å². The smallest absolute Gasteiger partial charge is 0.391 e. The first-order valence-electron chi connectivity index (χ1n) is 29.1. The summed E-state index contributed by atoms with van der Waals surface area (Å²) in [6, 6.07) is -0.761. The standard InChI is InChI=1S/C62H111N2O6P/c1-6-8-10-12-14-16-17-18-19-20-21-22-23-24-25-26-27-28-29-30-31-32-33-34-35-36-37-38-39-40-41-42-43-44-45-46-47-48-50-52-54-56-62(66)63-60(59-70-71(67,68)69-58-57-64(3,4)5)61(65)55-53-51-49-15-13-11-9-7-2/h8,10,14,16,18-19,21-22,24-25,27-28,30-31,33-34,60-61,65H,6-7,9,11-13,15,17,20,23,26,29,32,35-59H2,1-5H3,(H-,63,66,67,68)/p+1/b10-8-,16-14-,19-18-,22-21-,25-24-,28-27-,31-30-,34-33-. The second-order valence-electron chi connectivity index (χ2n) is 20.6. The number of nitrogens with zero attached hydrogens (tertiary/aromatic N) is 1. The molecule has 0 aliphatic carbocycles. The Balaban J connectivity index is 3.87. The van der Waals surface area contributed by atoms with E-state index in [1.165, 1.54) is 122 Å². The molecule has 0 aromatic rings. The first-order chi connectivity index (χ1) is 34.5. The molecule has 3 unspecified atom stereocenters. The highest BCUT2D eigenvalue weighted by molar-refractivity contribution is 7.47. The monoisotopic (exact) mass is 1010 g/mol. The Morgan fingerprint density at radius 1 is 0.493 bits per heavy atom. The summed E-state index contributed by atoms with van der Waals surface area (Å²) in [5.41, 5.74) is 0. The molecule has 3 atom stereocenters. The molecule has 0 heterocycles. The van der Waals surface area contributed by atoms with Gasteiger partial charge in [0.05, 0.1) is 39.9 Å². The SMILES string of the molecule is CC/C=C\C/C=C\C/C=C\C/C=C\C/C=C\C/C=C\C/C=C\C/C=C\CCCCCCCCCCCCCCCCCCC(=O)NC(COP(=O)(O)OCC[N+](C)(C)C)C(O)CCCCCCCCCC. The van der Waals surface area contributed by atoms with Crippen LogP contribution in [-0.2, 0) is 18.4 Å². The lowest BCUT2D eigenvalue weighted by molar-refractivity contribution is -0.870. The fraction of sp³-hybridized carbons (Fsp3) is 0.726. The van der Waals surface area contributed by atoms with Crippen LogP contribution in [0.1, 0.15) is 239 Å². The zero-order chi connectivity index (χ0) is 52.0. The Morgan fingerprint density at radius 2 is 0.845 bits per heavy atom. The molecule has 0 bridgehead atoms. The average Bonchev–Trinajstić information content (AvgIpc) is 3.33. The number of aliphatic hydroxyl groups is 1. The predicted octanol–water partition coefficient (Wildman–Crippen LogP) is 17.8. The van der Waals surface area contributed by atoms with Crippen molar-refractivity contribution in [3.8, 4) is 0 Å². The van der Waals surface area contributed by atoms with E-state index in [0.29, 0.717) is 23.9 Å². The molecular formula is C62H112N2O6P+. The predicted molar refractivity (Wildman–Crippen MR) is 309 cm³/mol. The van der Waals surface area contributed by atoms with Crippen molar-refractivity contribution in [1.29, 1.82) is 0 Å². The van der Waals surface area contributed by atoms with E-state index in [9.17, 15) is 19.4 Å². The number of nitrogens with one attached hydrogen (secondary N) is 1. The minimum absolute atomic E-state index is 0.0721. The summed E-state index contributed by atoms with van der Waals surface area (Å²) in [7, 11) is 1.61. The van der Waals surface area contributed by atoms with Crippen molar-refractivity contribution in [1.82, 2.24) is 5.32 Å². The summed E-state index contributed by atoms with van der Waals surface area (Å²) in [5, 5.41) is 13.9. The molecule has 0 saturated heterocycles. The summed E-state index contributed by atoms with van der Waals surface area (Å²) >= 11 is 0. The van der Waals surface area contributed by atoms with Crippen LogP contribution in [0.2, 0.25) is 0 Å². The molecule has 3 N–H and O–H groups in total. The van der Waals surface area contributed by atoms with Gasteiger partial charge in [0.1, 0.15) is 13.2 Å². The molecule has 0 aromatic heterocycles. The third kappa shape index (κ3) is 55.0. The van der Waals surface area contributed by atoms with Gasteiger partial charge in [-0.1, -0.05) is 252 Å². The van der Waals surface area contributed by atoms with Gasteiger partial charge in [0, 0.05) is 6.42 Å². The Hall–Kier alpha value is -2.58. The van der Waals surface area contributed by atoms with Gasteiger partial charge in [-0.15, -0.1) is 0 Å². The van der Waals surface area contributed by atoms with Crippen molar-refractivity contribution in [3.05, 3.63) is 97.2 Å². The highest BCUT2D eigenvalue weighted by Gasteiger charge is 2.28. The molecule has 0 aromatic carbocycles. The maximum Gasteiger partial charge on any atom is 0.472 e. The number of carbonyl (C=O) groups excluding carboxylic acids is 1. The van der Waals surface area contributed by atoms with Crippen molar-refractivity contribution in [3.63, 3.8) is 0 Å². The van der Waals surface area contributed by atoms with Crippen LogP contribution in [0.15, 0.2) is 97.2 Å². The minimum atomic E-state index is -4.31. The highest BCUT2D eigenvalue weighted by Crippen LogP contribution is 2.43. The molecule has 0 spiro atoms. The van der Waals surface area contributed by atoms with Crippen LogP contribution in [0.3, 0.4) is 0 Å². The number of quaternary nitrogens is 1. The lowest BCUT2D eigenvalue weighted by Crippen LogP contribution is -2.46. The highest BCUT2D eigenvalue weighted by atomic mass is 31.2. The number of likely N-dealkylation sites (N-methyl/N-ethyl adjacent to an activating group) is 1. The fourth-order valence-electron chi connectivity index (χ4n) is 8.06. The lowest BCUT2D eigenvalue weighted by atomic mass is 10.0. The normalized spacial score (nSPS) is 14.6. The molecule has 0 rings (SSSR count). The zero-order valence-electron chi connectivity index (χ0n) is 46.7. The number of aliphatic hydroxyl groups excluding tert-OH is 1. The van der Waals surface area contributed by atoms with Crippen LogP contribution in [0, 0.1) is 0 Å². The van der Waals surface area contributed by atoms with Gasteiger partial charge in [0.15, 0.2) is 0 Å². The van der Waals surface area contributed by atoms with Crippen molar-refractivity contribution in [2.45, 2.75) is 251 Å². The van der Waals surface area contributed by atoms with E-state index in [0.717, 1.165) is 89.9 Å². The van der Waals surface area contributed by atoms with Gasteiger partial charge in [-0.25, -0.2) is 4.57 Å². The summed E-state index contributed by atoms with van der Waals surface area (Å²) in [6.07, 6.45) is 75.0. The summed E-state index contributed by atoms with van der Waals surface area (Å²) < 4.78 is 23.6. The van der Waals surface area contributed by atoms with Crippen molar-refractivity contribution in [2.24, 2.45) is 0 Å². The maximum atomic E-state index is 12.9. The number of hydrogen-bond donors (Lipinski definition) is 3. The molecule has 1 amide bonds. The molecule has 71 heavy (non-hydrogen) atoms. The number of allylic oxidation sites excluding steroid dienone is 16. The van der Waals surface area contributed by atoms with Crippen LogP contribution in [0.25, 0.3) is 0 Å². The molecule has 410 valence electrons. The third-order valence-corrected chi connectivity index (χ3v) is 13.6. The van der Waals surface area contributed by atoms with Gasteiger partial charge in [-0.05, 0) is 77.0 Å². The molecule has 0 radical (unpaired) electrons. The Morgan fingerprint density at radius 3 is 1.24 bits per heavy atom. The van der Waals surface area contributed by atoms with Crippen LogP contribution in [0.5, 0.6) is 0 Å². The number of rotatable bonds is 52. The first kappa shape index (κ1) is 68.4. The van der Waals surface area contributed by atoms with E-state index in [1.54, 1.807) is 0 Å².